The zero-order valence-corrected chi connectivity index (χ0v) is 17.6. The predicted octanol–water partition coefficient (Wildman–Crippen LogP) is 7.97. The van der Waals surface area contributed by atoms with Gasteiger partial charge in [-0.25, -0.2) is 0 Å². The van der Waals surface area contributed by atoms with Gasteiger partial charge in [-0.2, -0.15) is 0 Å². The van der Waals surface area contributed by atoms with Crippen LogP contribution < -0.4 is 5.73 Å². The van der Waals surface area contributed by atoms with Crippen LogP contribution in [0.15, 0.2) is 103 Å². The van der Waals surface area contributed by atoms with Crippen LogP contribution in [0.1, 0.15) is 11.1 Å². The number of anilines is 1. The molecule has 150 valence electrons. The quantitative estimate of drug-likeness (QED) is 0.217. The molecule has 0 radical (unpaired) electrons. The van der Waals surface area contributed by atoms with Crippen molar-refractivity contribution in [1.29, 1.82) is 0 Å². The molecule has 0 fully saturated rings. The van der Waals surface area contributed by atoms with Crippen molar-refractivity contribution in [3.8, 4) is 22.3 Å². The largest absolute Gasteiger partial charge is 0.398 e. The van der Waals surface area contributed by atoms with E-state index in [2.05, 4.69) is 97.1 Å². The van der Waals surface area contributed by atoms with Gasteiger partial charge in [0.2, 0.25) is 0 Å². The number of benzene rings is 6. The molecule has 1 aliphatic rings. The summed E-state index contributed by atoms with van der Waals surface area (Å²) in [6.45, 7) is 0. The maximum absolute atomic E-state index is 6.53. The summed E-state index contributed by atoms with van der Waals surface area (Å²) < 4.78 is 0. The lowest BCUT2D eigenvalue weighted by Gasteiger charge is -2.15. The minimum atomic E-state index is 0.818. The van der Waals surface area contributed by atoms with Gasteiger partial charge in [0.1, 0.15) is 0 Å². The van der Waals surface area contributed by atoms with Crippen LogP contribution in [0.25, 0.3) is 54.6 Å². The fourth-order valence-electron chi connectivity index (χ4n) is 5.63. The lowest BCUT2D eigenvalue weighted by Crippen LogP contribution is -1.93. The van der Waals surface area contributed by atoms with Gasteiger partial charge in [0.15, 0.2) is 0 Å². The second-order valence-corrected chi connectivity index (χ2v) is 8.74. The first-order chi connectivity index (χ1) is 15.8. The molecule has 6 aromatic carbocycles. The lowest BCUT2D eigenvalue weighted by molar-refractivity contribution is 1.29. The molecule has 6 aromatic rings. The first-order valence-corrected chi connectivity index (χ1v) is 11.1. The summed E-state index contributed by atoms with van der Waals surface area (Å²) in [5, 5.41) is 7.70. The summed E-state index contributed by atoms with van der Waals surface area (Å²) in [5.41, 5.74) is 15.3. The number of rotatable bonds is 1. The fourth-order valence-corrected chi connectivity index (χ4v) is 5.63. The van der Waals surface area contributed by atoms with Crippen LogP contribution in [0.4, 0.5) is 5.69 Å². The molecule has 0 amide bonds. The van der Waals surface area contributed by atoms with E-state index >= 15 is 0 Å². The molecule has 0 aliphatic heterocycles. The zero-order chi connectivity index (χ0) is 21.2. The predicted molar refractivity (Wildman–Crippen MR) is 137 cm³/mol. The Morgan fingerprint density at radius 1 is 0.531 bits per heavy atom. The summed E-state index contributed by atoms with van der Waals surface area (Å²) in [6.07, 6.45) is 1.000. The van der Waals surface area contributed by atoms with Gasteiger partial charge < -0.3 is 5.73 Å². The number of nitrogen functional groups attached to an aromatic ring is 1. The summed E-state index contributed by atoms with van der Waals surface area (Å²) in [6, 6.07) is 37.2. The molecule has 0 saturated carbocycles. The Labute approximate surface area is 186 Å². The van der Waals surface area contributed by atoms with Crippen molar-refractivity contribution in [2.24, 2.45) is 0 Å². The Morgan fingerprint density at radius 2 is 1.28 bits per heavy atom. The van der Waals surface area contributed by atoms with Crippen LogP contribution in [0.3, 0.4) is 0 Å². The molecule has 0 aromatic heterocycles. The minimum absolute atomic E-state index is 0.818. The van der Waals surface area contributed by atoms with Crippen LogP contribution in [0, 0.1) is 0 Å². The molecule has 1 nitrogen and oxygen atoms in total. The summed E-state index contributed by atoms with van der Waals surface area (Å²) in [5.74, 6) is 0. The molecule has 1 heteroatoms. The van der Waals surface area contributed by atoms with E-state index < -0.39 is 0 Å². The Balaban J connectivity index is 1.61. The molecule has 0 atom stereocenters. The molecular formula is C31H21N. The summed E-state index contributed by atoms with van der Waals surface area (Å²) in [4.78, 5) is 0. The van der Waals surface area contributed by atoms with Crippen LogP contribution in [-0.4, -0.2) is 0 Å². The van der Waals surface area contributed by atoms with Crippen molar-refractivity contribution >= 4 is 38.0 Å². The first-order valence-electron chi connectivity index (χ1n) is 11.1. The molecule has 0 spiro atoms. The fraction of sp³-hybridized carbons (Fsp3) is 0.0323. The maximum atomic E-state index is 6.53. The van der Waals surface area contributed by atoms with E-state index in [1.807, 2.05) is 6.07 Å². The Bertz CT molecular complexity index is 1710. The van der Waals surface area contributed by atoms with Crippen molar-refractivity contribution in [2.45, 2.75) is 6.42 Å². The summed E-state index contributed by atoms with van der Waals surface area (Å²) >= 11 is 0. The molecule has 32 heavy (non-hydrogen) atoms. The smallest absolute Gasteiger partial charge is 0.0400 e. The third-order valence-corrected chi connectivity index (χ3v) is 7.04. The molecule has 0 saturated heterocycles. The second-order valence-electron chi connectivity index (χ2n) is 8.74. The highest BCUT2D eigenvalue weighted by Crippen LogP contribution is 2.47. The van der Waals surface area contributed by atoms with E-state index in [-0.39, 0.29) is 0 Å². The zero-order valence-electron chi connectivity index (χ0n) is 17.6. The van der Waals surface area contributed by atoms with Gasteiger partial charge in [-0.15, -0.1) is 0 Å². The van der Waals surface area contributed by atoms with Crippen molar-refractivity contribution in [3.63, 3.8) is 0 Å². The van der Waals surface area contributed by atoms with Gasteiger partial charge in [0.05, 0.1) is 0 Å². The molecule has 0 unspecified atom stereocenters. The minimum Gasteiger partial charge on any atom is -0.398 e. The van der Waals surface area contributed by atoms with Crippen LogP contribution in [-0.2, 0) is 6.42 Å². The van der Waals surface area contributed by atoms with E-state index in [1.165, 1.54) is 60.1 Å². The summed E-state index contributed by atoms with van der Waals surface area (Å²) in [7, 11) is 0. The molecule has 1 aliphatic carbocycles. The number of hydrogen-bond acceptors (Lipinski definition) is 1. The van der Waals surface area contributed by atoms with Crippen LogP contribution in [0.5, 0.6) is 0 Å². The third-order valence-electron chi connectivity index (χ3n) is 7.04. The van der Waals surface area contributed by atoms with E-state index in [4.69, 9.17) is 5.73 Å². The molecular weight excluding hydrogens is 386 g/mol. The highest BCUT2D eigenvalue weighted by molar-refractivity contribution is 6.18. The highest BCUT2D eigenvalue weighted by atomic mass is 14.6. The molecule has 0 heterocycles. The van der Waals surface area contributed by atoms with Crippen molar-refractivity contribution in [2.75, 3.05) is 5.73 Å². The van der Waals surface area contributed by atoms with Gasteiger partial charge in [-0.1, -0.05) is 91.0 Å². The molecule has 0 bridgehead atoms. The molecule has 2 N–H and O–H groups in total. The Kier molecular flexibility index (Phi) is 3.54. The second kappa shape index (κ2) is 6.45. The normalized spacial score (nSPS) is 12.4. The van der Waals surface area contributed by atoms with Crippen LogP contribution in [0.2, 0.25) is 0 Å². The number of nitrogens with two attached hydrogens (primary N) is 1. The Morgan fingerprint density at radius 3 is 2.19 bits per heavy atom. The standard InChI is InChI=1S/C31H21N/c32-29-16-14-19-7-1-3-9-22(19)30(29)21-13-15-26-27(18-21)24-11-5-6-12-25(24)28-17-20-8-2-4-10-23(20)31(26)28/h1-16,18H,17,32H2. The van der Waals surface area contributed by atoms with Gasteiger partial charge >= 0.3 is 0 Å². The van der Waals surface area contributed by atoms with Crippen LogP contribution >= 0.6 is 0 Å². The SMILES string of the molecule is Nc1ccc2ccccc2c1-c1ccc2c3c(c4ccccc4c2c1)Cc1ccccc1-3. The van der Waals surface area contributed by atoms with Crippen molar-refractivity contribution in [3.05, 3.63) is 114 Å². The molecule has 7 rings (SSSR count). The average Bonchev–Trinajstić information content (AvgIpc) is 3.24. The maximum Gasteiger partial charge on any atom is 0.0400 e. The van der Waals surface area contributed by atoms with E-state index in [0.717, 1.165) is 17.7 Å². The highest BCUT2D eigenvalue weighted by Gasteiger charge is 2.24. The number of hydrogen-bond donors (Lipinski definition) is 1. The van der Waals surface area contributed by atoms with E-state index in [1.54, 1.807) is 0 Å². The Hall–Kier alpha value is -4.10. The van der Waals surface area contributed by atoms with Gasteiger partial charge in [0, 0.05) is 11.3 Å². The van der Waals surface area contributed by atoms with Gasteiger partial charge in [-0.05, 0) is 78.7 Å². The van der Waals surface area contributed by atoms with E-state index in [9.17, 15) is 0 Å². The topological polar surface area (TPSA) is 26.0 Å². The van der Waals surface area contributed by atoms with Gasteiger partial charge in [-0.3, -0.25) is 0 Å². The number of fused-ring (bicyclic) bond motifs is 9. The van der Waals surface area contributed by atoms with E-state index in [0.29, 0.717) is 0 Å². The van der Waals surface area contributed by atoms with Crippen molar-refractivity contribution < 1.29 is 0 Å². The first kappa shape index (κ1) is 17.6. The van der Waals surface area contributed by atoms with Crippen molar-refractivity contribution in [1.82, 2.24) is 0 Å². The third kappa shape index (κ3) is 2.34. The monoisotopic (exact) mass is 407 g/mol. The van der Waals surface area contributed by atoms with Gasteiger partial charge in [0.25, 0.3) is 0 Å². The average molecular weight is 408 g/mol. The lowest BCUT2D eigenvalue weighted by atomic mass is 9.88.